The molecular formula is C64H76FN11O8S. The minimum atomic E-state index is -0.864. The number of phenols is 1. The number of hydrogen-bond donors (Lipinski definition) is 3. The molecule has 0 saturated carbocycles. The minimum Gasteiger partial charge on any atom is -0.508 e. The largest absolute Gasteiger partial charge is 0.508 e. The van der Waals surface area contributed by atoms with Gasteiger partial charge in [-0.1, -0.05) is 81.2 Å². The van der Waals surface area contributed by atoms with Gasteiger partial charge in [-0.2, -0.15) is 9.97 Å². The number of carbonyl (C=O) groups is 3. The summed E-state index contributed by atoms with van der Waals surface area (Å²) in [6, 6.07) is 17.8. The number of aliphatic hydroxyl groups excluding tert-OH is 1. The SMILES string of the molecule is CCc1cccc2cc(O)cc(-c3ncc4c(N5CCCCCC5)nc(OC[C@]56CCCN5[C@@H](COC(=O)N5CCN(c7cc([C@@H](C(=O)N8C[C@H](O)C[C@H]8C(=O)N[C@@H](C)c8ccc(-c9scnc9C)cc8)C(C)C)on7)CC5)CC6)nc4c3F)c12. The molecule has 0 spiro atoms. The van der Waals surface area contributed by atoms with Crippen LogP contribution in [0, 0.1) is 18.7 Å². The number of benzene rings is 3. The molecule has 21 heteroatoms. The third kappa shape index (κ3) is 11.6. The van der Waals surface area contributed by atoms with Crippen LogP contribution in [0.4, 0.5) is 20.8 Å². The average Bonchev–Trinajstić information content (AvgIpc) is 2.80. The molecule has 448 valence electrons. The molecule has 0 aliphatic carbocycles. The van der Waals surface area contributed by atoms with Crippen LogP contribution in [-0.2, 0) is 20.7 Å². The monoisotopic (exact) mass is 1180 g/mol. The Hall–Kier alpha value is -7.49. The van der Waals surface area contributed by atoms with E-state index in [2.05, 4.69) is 32.2 Å². The molecule has 3 amide bonds. The molecular weight excluding hydrogens is 1100 g/mol. The van der Waals surface area contributed by atoms with Crippen LogP contribution in [0.15, 0.2) is 76.9 Å². The third-order valence-corrected chi connectivity index (χ3v) is 19.4. The zero-order valence-corrected chi connectivity index (χ0v) is 50.0. The van der Waals surface area contributed by atoms with Crippen molar-refractivity contribution in [3.8, 4) is 33.5 Å². The lowest BCUT2D eigenvalue weighted by molar-refractivity contribution is -0.141. The van der Waals surface area contributed by atoms with Crippen LogP contribution in [0.25, 0.3) is 43.4 Å². The van der Waals surface area contributed by atoms with Gasteiger partial charge in [0.25, 0.3) is 0 Å². The van der Waals surface area contributed by atoms with Crippen molar-refractivity contribution < 1.29 is 43.0 Å². The number of aromatic hydroxyl groups is 1. The van der Waals surface area contributed by atoms with Crippen LogP contribution in [0.5, 0.6) is 11.8 Å². The van der Waals surface area contributed by atoms with Gasteiger partial charge in [-0.15, -0.1) is 11.3 Å². The van der Waals surface area contributed by atoms with Gasteiger partial charge in [-0.05, 0) is 111 Å². The number of aryl methyl sites for hydroxylation is 2. The van der Waals surface area contributed by atoms with E-state index in [-0.39, 0.29) is 84.0 Å². The van der Waals surface area contributed by atoms with Crippen molar-refractivity contribution in [2.75, 3.05) is 75.4 Å². The van der Waals surface area contributed by atoms with Gasteiger partial charge in [0.15, 0.2) is 17.4 Å². The zero-order valence-electron chi connectivity index (χ0n) is 49.1. The van der Waals surface area contributed by atoms with Crippen molar-refractivity contribution in [1.29, 1.82) is 0 Å². The molecule has 9 heterocycles. The Morgan fingerprint density at radius 1 is 0.918 bits per heavy atom. The molecule has 85 heavy (non-hydrogen) atoms. The van der Waals surface area contributed by atoms with E-state index < -0.39 is 23.9 Å². The molecule has 3 N–H and O–H groups in total. The third-order valence-electron chi connectivity index (χ3n) is 18.4. The van der Waals surface area contributed by atoms with Crippen LogP contribution >= 0.6 is 11.3 Å². The number of rotatable bonds is 16. The summed E-state index contributed by atoms with van der Waals surface area (Å²) in [6.07, 6.45) is 8.95. The lowest BCUT2D eigenvalue weighted by Gasteiger charge is -2.36. The number of nitrogens with one attached hydrogen (secondary N) is 1. The van der Waals surface area contributed by atoms with Crippen molar-refractivity contribution in [2.45, 2.75) is 135 Å². The van der Waals surface area contributed by atoms with Gasteiger partial charge in [-0.25, -0.2) is 14.2 Å². The second-order valence-electron chi connectivity index (χ2n) is 24.2. The first-order valence-electron chi connectivity index (χ1n) is 30.3. The highest BCUT2D eigenvalue weighted by Gasteiger charge is 2.51. The summed E-state index contributed by atoms with van der Waals surface area (Å²) in [5.74, 6) is -0.660. The lowest BCUT2D eigenvalue weighted by atomic mass is 9.91. The van der Waals surface area contributed by atoms with Gasteiger partial charge in [0.1, 0.15) is 48.0 Å². The number of halogens is 1. The highest BCUT2D eigenvalue weighted by atomic mass is 32.1. The van der Waals surface area contributed by atoms with E-state index >= 15 is 4.39 Å². The fraction of sp³-hybridized carbons (Fsp3) is 0.500. The second-order valence-corrected chi connectivity index (χ2v) is 25.0. The normalized spacial score (nSPS) is 21.9. The predicted molar refractivity (Wildman–Crippen MR) is 323 cm³/mol. The molecule has 0 bridgehead atoms. The molecule has 5 aliphatic heterocycles. The van der Waals surface area contributed by atoms with Gasteiger partial charge >= 0.3 is 12.1 Å². The minimum absolute atomic E-state index is 0.0115. The smallest absolute Gasteiger partial charge is 0.409 e. The molecule has 5 saturated heterocycles. The quantitative estimate of drug-likeness (QED) is 0.0820. The van der Waals surface area contributed by atoms with E-state index in [1.807, 2.05) is 80.6 Å². The number of aromatic nitrogens is 5. The summed E-state index contributed by atoms with van der Waals surface area (Å²) in [4.78, 5) is 71.9. The molecule has 0 unspecified atom stereocenters. The molecule has 19 nitrogen and oxygen atoms in total. The van der Waals surface area contributed by atoms with Crippen LogP contribution < -0.4 is 19.9 Å². The number of anilines is 2. The summed E-state index contributed by atoms with van der Waals surface area (Å²) in [6.45, 7) is 14.4. The first kappa shape index (κ1) is 57.9. The highest BCUT2D eigenvalue weighted by molar-refractivity contribution is 7.13. The van der Waals surface area contributed by atoms with Crippen molar-refractivity contribution in [2.24, 2.45) is 5.92 Å². The number of carbonyl (C=O) groups excluding carboxylic acids is 3. The van der Waals surface area contributed by atoms with Crippen LogP contribution in [0.3, 0.4) is 0 Å². The maximum absolute atomic E-state index is 17.3. The summed E-state index contributed by atoms with van der Waals surface area (Å²) >= 11 is 1.58. The molecule has 7 aromatic rings. The first-order valence-corrected chi connectivity index (χ1v) is 31.2. The number of piperazine rings is 1. The number of thiazole rings is 1. The number of β-amino-alcohol motifs (C(OH)–C–C–N with tert-alkyl or cyclic N) is 1. The second kappa shape index (κ2) is 24.5. The number of ether oxygens (including phenoxy) is 2. The molecule has 12 rings (SSSR count). The number of pyridine rings is 1. The van der Waals surface area contributed by atoms with Crippen LogP contribution in [0.1, 0.15) is 120 Å². The van der Waals surface area contributed by atoms with Crippen molar-refractivity contribution in [3.05, 3.63) is 101 Å². The number of nitrogens with zero attached hydrogens (tertiary/aromatic N) is 10. The maximum Gasteiger partial charge on any atom is 0.409 e. The van der Waals surface area contributed by atoms with E-state index in [4.69, 9.17) is 28.9 Å². The maximum atomic E-state index is 17.3. The van der Waals surface area contributed by atoms with Gasteiger partial charge in [-0.3, -0.25) is 19.5 Å². The summed E-state index contributed by atoms with van der Waals surface area (Å²) < 4.78 is 35.9. The highest BCUT2D eigenvalue weighted by Crippen LogP contribution is 2.44. The van der Waals surface area contributed by atoms with Crippen LogP contribution in [0.2, 0.25) is 0 Å². The van der Waals surface area contributed by atoms with E-state index in [0.29, 0.717) is 61.1 Å². The summed E-state index contributed by atoms with van der Waals surface area (Å²) in [7, 11) is 0. The molecule has 3 aromatic carbocycles. The fourth-order valence-electron chi connectivity index (χ4n) is 13.8. The number of amides is 3. The molecule has 5 aliphatic rings. The molecule has 0 radical (unpaired) electrons. The average molecular weight is 1180 g/mol. The Bertz CT molecular complexity index is 3580. The zero-order chi connectivity index (χ0) is 59.1. The van der Waals surface area contributed by atoms with Crippen molar-refractivity contribution in [1.82, 2.24) is 45.1 Å². The fourth-order valence-corrected chi connectivity index (χ4v) is 14.6. The number of likely N-dealkylation sites (tertiary alicyclic amines) is 1. The van der Waals surface area contributed by atoms with Gasteiger partial charge in [0.2, 0.25) is 11.8 Å². The molecule has 6 atom stereocenters. The summed E-state index contributed by atoms with van der Waals surface area (Å²) in [5.41, 5.74) is 6.19. The van der Waals surface area contributed by atoms with E-state index in [9.17, 15) is 24.6 Å². The van der Waals surface area contributed by atoms with E-state index in [1.54, 1.807) is 40.6 Å². The Morgan fingerprint density at radius 3 is 2.45 bits per heavy atom. The van der Waals surface area contributed by atoms with Gasteiger partial charge in [0, 0.05) is 76.1 Å². The Balaban J connectivity index is 0.665. The van der Waals surface area contributed by atoms with E-state index in [0.717, 1.165) is 115 Å². The predicted octanol–water partition coefficient (Wildman–Crippen LogP) is 9.97. The lowest BCUT2D eigenvalue weighted by Crippen LogP contribution is -2.50. The van der Waals surface area contributed by atoms with Gasteiger partial charge in [0.05, 0.1) is 39.2 Å². The number of aliphatic hydroxyl groups is 1. The topological polar surface area (TPSA) is 216 Å². The van der Waals surface area contributed by atoms with Crippen LogP contribution in [-0.4, -0.2) is 157 Å². The molecule has 4 aromatic heterocycles. The number of phenolic OH excluding ortho intramolecular Hbond substituents is 1. The standard InChI is InChI=1S/C64H76FN11O8S/c1-6-41-13-11-14-44-29-46(77)30-48(54(41)44)56-55(65)57-49(33-66-56)59(73-22-9-7-8-10-23-73)70-62(69-57)83-36-64-20-12-24-76(64)45(19-21-64)35-82-63(81)74-27-25-72(26-28-74)52-32-51(84-71-52)53(38(2)3)61(80)75-34-47(78)31-50(75)60(79)68-39(4)42-15-17-43(18-16-42)58-40(5)67-37-85-58/h11,13-18,29-30,32-33,37-39,45,47,50,53,77-78H,6-10,12,19-28,31,34-36H2,1-5H3,(H,68,79)/t39-,45+,47+,50-,53-,64+/m0/s1. The number of fused-ring (bicyclic) bond motifs is 3. The first-order chi connectivity index (χ1) is 41.2. The Labute approximate surface area is 498 Å². The molecule has 5 fully saturated rings. The van der Waals surface area contributed by atoms with Gasteiger partial charge < -0.3 is 49.1 Å². The Morgan fingerprint density at radius 2 is 1.71 bits per heavy atom. The van der Waals surface area contributed by atoms with Crippen molar-refractivity contribution >= 4 is 62.6 Å². The number of hydrogen-bond acceptors (Lipinski definition) is 17. The van der Waals surface area contributed by atoms with Crippen molar-refractivity contribution in [3.63, 3.8) is 0 Å². The van der Waals surface area contributed by atoms with E-state index in [1.165, 1.54) is 4.90 Å². The summed E-state index contributed by atoms with van der Waals surface area (Å²) in [5, 5.41) is 31.3. The Kier molecular flexibility index (Phi) is 16.7.